The number of carbonyl (C=O) groups excluding carboxylic acids is 1. The average Bonchev–Trinajstić information content (AvgIpc) is 2.61. The van der Waals surface area contributed by atoms with Crippen LogP contribution in [0.2, 0.25) is 0 Å². The van der Waals surface area contributed by atoms with Crippen molar-refractivity contribution < 1.29 is 14.7 Å². The van der Waals surface area contributed by atoms with Gasteiger partial charge >= 0.3 is 5.97 Å². The number of carboxylic acid groups (broad SMARTS) is 1. The minimum Gasteiger partial charge on any atom is -0.480 e. The van der Waals surface area contributed by atoms with E-state index in [9.17, 15) is 9.59 Å². The summed E-state index contributed by atoms with van der Waals surface area (Å²) in [5.74, 6) is -1.14. The number of hydrogen-bond acceptors (Lipinski definition) is 4. The van der Waals surface area contributed by atoms with Crippen LogP contribution in [0.25, 0.3) is 0 Å². The molecule has 1 heterocycles. The summed E-state index contributed by atoms with van der Waals surface area (Å²) in [6.07, 6.45) is 1.27. The molecular weight excluding hydrogens is 222 g/mol. The van der Waals surface area contributed by atoms with Gasteiger partial charge in [0.15, 0.2) is 0 Å². The Labute approximate surface area is 101 Å². The Morgan fingerprint density at radius 1 is 1.53 bits per heavy atom. The first-order valence-electron chi connectivity index (χ1n) is 5.82. The van der Waals surface area contributed by atoms with Gasteiger partial charge in [-0.15, -0.1) is 0 Å². The van der Waals surface area contributed by atoms with Gasteiger partial charge in [0.1, 0.15) is 6.04 Å². The standard InChI is InChI=1S/C11H21N3O3/c1-7(13-11(2,3)12)9(15)14-6-4-5-8(14)10(16)17/h7-8,13H,4-6,12H2,1-3H3,(H,16,17)/t7?,8-/m0/s1. The lowest BCUT2D eigenvalue weighted by atomic mass is 10.1. The predicted molar refractivity (Wildman–Crippen MR) is 63.2 cm³/mol. The van der Waals surface area contributed by atoms with Crippen LogP contribution >= 0.6 is 0 Å². The zero-order valence-electron chi connectivity index (χ0n) is 10.6. The molecule has 1 saturated heterocycles. The van der Waals surface area contributed by atoms with E-state index in [-0.39, 0.29) is 5.91 Å². The largest absolute Gasteiger partial charge is 0.480 e. The second-order valence-corrected chi connectivity index (χ2v) is 5.12. The van der Waals surface area contributed by atoms with Crippen molar-refractivity contribution in [2.75, 3.05) is 6.54 Å². The maximum absolute atomic E-state index is 12.1. The van der Waals surface area contributed by atoms with Crippen molar-refractivity contribution in [2.45, 2.75) is 51.4 Å². The molecule has 0 aromatic heterocycles. The third-order valence-corrected chi connectivity index (χ3v) is 2.78. The number of likely N-dealkylation sites (tertiary alicyclic amines) is 1. The van der Waals surface area contributed by atoms with Crippen LogP contribution in [0.3, 0.4) is 0 Å². The highest BCUT2D eigenvalue weighted by molar-refractivity contribution is 5.87. The maximum atomic E-state index is 12.1. The van der Waals surface area contributed by atoms with Gasteiger partial charge in [-0.3, -0.25) is 10.1 Å². The van der Waals surface area contributed by atoms with Crippen molar-refractivity contribution in [3.63, 3.8) is 0 Å². The summed E-state index contributed by atoms with van der Waals surface area (Å²) >= 11 is 0. The molecule has 0 saturated carbocycles. The number of nitrogens with one attached hydrogen (secondary N) is 1. The van der Waals surface area contributed by atoms with E-state index in [0.29, 0.717) is 13.0 Å². The summed E-state index contributed by atoms with van der Waals surface area (Å²) in [5, 5.41) is 12.0. The van der Waals surface area contributed by atoms with E-state index in [1.165, 1.54) is 4.90 Å². The van der Waals surface area contributed by atoms with Crippen molar-refractivity contribution in [3.8, 4) is 0 Å². The zero-order chi connectivity index (χ0) is 13.2. The van der Waals surface area contributed by atoms with Gasteiger partial charge < -0.3 is 15.7 Å². The van der Waals surface area contributed by atoms with Crippen LogP contribution in [-0.4, -0.2) is 46.2 Å². The number of hydrogen-bond donors (Lipinski definition) is 3. The smallest absolute Gasteiger partial charge is 0.326 e. The normalized spacial score (nSPS) is 22.6. The van der Waals surface area contributed by atoms with Crippen molar-refractivity contribution in [2.24, 2.45) is 5.73 Å². The summed E-state index contributed by atoms with van der Waals surface area (Å²) < 4.78 is 0. The topological polar surface area (TPSA) is 95.7 Å². The van der Waals surface area contributed by atoms with E-state index in [0.717, 1.165) is 6.42 Å². The van der Waals surface area contributed by atoms with Crippen molar-refractivity contribution in [1.82, 2.24) is 10.2 Å². The van der Waals surface area contributed by atoms with Crippen molar-refractivity contribution in [1.29, 1.82) is 0 Å². The van der Waals surface area contributed by atoms with E-state index < -0.39 is 23.7 Å². The molecule has 17 heavy (non-hydrogen) atoms. The summed E-state index contributed by atoms with van der Waals surface area (Å²) in [5.41, 5.74) is 5.11. The molecule has 0 aromatic rings. The Morgan fingerprint density at radius 2 is 2.12 bits per heavy atom. The molecule has 4 N–H and O–H groups in total. The molecule has 1 fully saturated rings. The van der Waals surface area contributed by atoms with E-state index in [1.54, 1.807) is 20.8 Å². The first-order valence-corrected chi connectivity index (χ1v) is 5.82. The van der Waals surface area contributed by atoms with Gasteiger partial charge in [0.05, 0.1) is 11.7 Å². The summed E-state index contributed by atoms with van der Waals surface area (Å²) in [7, 11) is 0. The lowest BCUT2D eigenvalue weighted by Gasteiger charge is -2.30. The fourth-order valence-electron chi connectivity index (χ4n) is 2.16. The van der Waals surface area contributed by atoms with Gasteiger partial charge in [-0.2, -0.15) is 0 Å². The molecule has 1 rings (SSSR count). The third kappa shape index (κ3) is 3.67. The number of carboxylic acids is 1. The van der Waals surface area contributed by atoms with Crippen molar-refractivity contribution in [3.05, 3.63) is 0 Å². The van der Waals surface area contributed by atoms with Crippen LogP contribution in [0.15, 0.2) is 0 Å². The van der Waals surface area contributed by atoms with Crippen LogP contribution in [0.4, 0.5) is 0 Å². The molecule has 0 spiro atoms. The van der Waals surface area contributed by atoms with Crippen LogP contribution in [0.5, 0.6) is 0 Å². The minimum atomic E-state index is -0.935. The third-order valence-electron chi connectivity index (χ3n) is 2.78. The van der Waals surface area contributed by atoms with Gasteiger partial charge in [-0.1, -0.05) is 0 Å². The number of nitrogens with two attached hydrogens (primary N) is 1. The van der Waals surface area contributed by atoms with Gasteiger partial charge in [0.25, 0.3) is 0 Å². The number of amides is 1. The molecular formula is C11H21N3O3. The fourth-order valence-corrected chi connectivity index (χ4v) is 2.16. The molecule has 6 nitrogen and oxygen atoms in total. The molecule has 1 amide bonds. The Hall–Kier alpha value is -1.14. The summed E-state index contributed by atoms with van der Waals surface area (Å²) in [4.78, 5) is 24.5. The molecule has 1 aliphatic heterocycles. The fraction of sp³-hybridized carbons (Fsp3) is 0.818. The molecule has 98 valence electrons. The highest BCUT2D eigenvalue weighted by Gasteiger charge is 2.36. The summed E-state index contributed by atoms with van der Waals surface area (Å²) in [6.45, 7) is 5.73. The SMILES string of the molecule is CC(NC(C)(C)N)C(=O)N1CCC[C@H]1C(=O)O. The molecule has 2 atom stereocenters. The highest BCUT2D eigenvalue weighted by atomic mass is 16.4. The van der Waals surface area contributed by atoms with Crippen LogP contribution in [-0.2, 0) is 9.59 Å². The monoisotopic (exact) mass is 243 g/mol. The second-order valence-electron chi connectivity index (χ2n) is 5.12. The van der Waals surface area contributed by atoms with Gasteiger partial charge in [-0.05, 0) is 33.6 Å². The van der Waals surface area contributed by atoms with Gasteiger partial charge in [-0.25, -0.2) is 4.79 Å². The molecule has 1 aliphatic rings. The number of carbonyl (C=O) groups is 2. The maximum Gasteiger partial charge on any atom is 0.326 e. The predicted octanol–water partition coefficient (Wildman–Crippen LogP) is -0.265. The van der Waals surface area contributed by atoms with E-state index in [1.807, 2.05) is 0 Å². The molecule has 0 bridgehead atoms. The lowest BCUT2D eigenvalue weighted by Crippen LogP contribution is -2.57. The Kier molecular flexibility index (Phi) is 4.11. The van der Waals surface area contributed by atoms with E-state index in [2.05, 4.69) is 5.32 Å². The van der Waals surface area contributed by atoms with Crippen LogP contribution in [0, 0.1) is 0 Å². The molecule has 0 aliphatic carbocycles. The Morgan fingerprint density at radius 3 is 2.59 bits per heavy atom. The quantitative estimate of drug-likeness (QED) is 0.591. The molecule has 6 heteroatoms. The van der Waals surface area contributed by atoms with Gasteiger partial charge in [0.2, 0.25) is 5.91 Å². The highest BCUT2D eigenvalue weighted by Crippen LogP contribution is 2.18. The van der Waals surface area contributed by atoms with Crippen LogP contribution < -0.4 is 11.1 Å². The minimum absolute atomic E-state index is 0.201. The van der Waals surface area contributed by atoms with E-state index in [4.69, 9.17) is 10.8 Å². The van der Waals surface area contributed by atoms with Crippen molar-refractivity contribution >= 4 is 11.9 Å². The molecule has 0 aromatic carbocycles. The average molecular weight is 243 g/mol. The van der Waals surface area contributed by atoms with E-state index >= 15 is 0 Å². The molecule has 1 unspecified atom stereocenters. The first kappa shape index (κ1) is 13.9. The first-order chi connectivity index (χ1) is 7.72. The molecule has 0 radical (unpaired) electrons. The number of aliphatic carboxylic acids is 1. The second kappa shape index (κ2) is 5.01. The number of rotatable bonds is 4. The number of nitrogens with zero attached hydrogens (tertiary/aromatic N) is 1. The summed E-state index contributed by atoms with van der Waals surface area (Å²) in [6, 6.07) is -1.16. The Bertz CT molecular complexity index is 312. The van der Waals surface area contributed by atoms with Gasteiger partial charge in [0, 0.05) is 6.54 Å². The lowest BCUT2D eigenvalue weighted by molar-refractivity contribution is -0.149. The Balaban J connectivity index is 2.66. The van der Waals surface area contributed by atoms with Crippen LogP contribution in [0.1, 0.15) is 33.6 Å². The zero-order valence-corrected chi connectivity index (χ0v) is 10.6.